The van der Waals surface area contributed by atoms with Crippen molar-refractivity contribution in [1.82, 2.24) is 10.2 Å². The van der Waals surface area contributed by atoms with E-state index in [1.807, 2.05) is 41.5 Å². The van der Waals surface area contributed by atoms with E-state index in [1.165, 1.54) is 38.1 Å². The molecule has 2 bridgehead atoms. The molecule has 4 aliphatic rings. The third kappa shape index (κ3) is 3.94. The van der Waals surface area contributed by atoms with Gasteiger partial charge in [0.15, 0.2) is 5.17 Å². The minimum atomic E-state index is -0.488. The second-order valence-electron chi connectivity index (χ2n) is 9.15. The molecule has 1 aromatic carbocycles. The number of para-hydroxylation sites is 1. The Bertz CT molecular complexity index is 1080. The van der Waals surface area contributed by atoms with Crippen molar-refractivity contribution >= 4 is 28.8 Å². The number of amides is 1. The second-order valence-corrected chi connectivity index (χ2v) is 9.99. The van der Waals surface area contributed by atoms with Crippen LogP contribution in [0.2, 0.25) is 0 Å². The summed E-state index contributed by atoms with van der Waals surface area (Å²) in [6, 6.07) is 7.43. The number of amidine groups is 1. The Hall–Kier alpha value is -2.74. The number of thioether (sulfide) groups is 1. The molecule has 0 aromatic heterocycles. The molecule has 2 aliphatic heterocycles. The fourth-order valence-corrected chi connectivity index (χ4v) is 6.74. The highest BCUT2D eigenvalue weighted by Gasteiger charge is 2.43. The first kappa shape index (κ1) is 22.1. The van der Waals surface area contributed by atoms with Crippen LogP contribution in [0.5, 0.6) is 5.75 Å². The maximum atomic E-state index is 13.1. The summed E-state index contributed by atoms with van der Waals surface area (Å²) in [4.78, 5) is 32.6. The third-order valence-electron chi connectivity index (χ3n) is 7.27. The van der Waals surface area contributed by atoms with E-state index in [0.717, 1.165) is 28.8 Å². The molecule has 0 saturated heterocycles. The Labute approximate surface area is 198 Å². The number of rotatable bonds is 6. The molecule has 0 radical (unpaired) electrons. The maximum absolute atomic E-state index is 13.1. The topological polar surface area (TPSA) is 80.2 Å². The van der Waals surface area contributed by atoms with Crippen molar-refractivity contribution < 1.29 is 19.1 Å². The molecule has 1 aromatic rings. The van der Waals surface area contributed by atoms with Crippen LogP contribution in [-0.4, -0.2) is 42.2 Å². The third-order valence-corrected chi connectivity index (χ3v) is 8.15. The molecule has 33 heavy (non-hydrogen) atoms. The van der Waals surface area contributed by atoms with Gasteiger partial charge in [0.25, 0.3) is 0 Å². The summed E-state index contributed by atoms with van der Waals surface area (Å²) >= 11 is 1.48. The molecule has 2 heterocycles. The Morgan fingerprint density at radius 2 is 2.03 bits per heavy atom. The summed E-state index contributed by atoms with van der Waals surface area (Å²) in [6.07, 6.45) is 5.10. The van der Waals surface area contributed by atoms with Crippen molar-refractivity contribution in [2.75, 3.05) is 14.2 Å². The second kappa shape index (κ2) is 8.89. The van der Waals surface area contributed by atoms with E-state index in [0.29, 0.717) is 22.9 Å². The van der Waals surface area contributed by atoms with Crippen molar-refractivity contribution in [2.24, 2.45) is 16.8 Å². The molecule has 1 amide bonds. The molecule has 1 N–H and O–H groups in total. The van der Waals surface area contributed by atoms with Crippen LogP contribution < -0.4 is 10.1 Å². The van der Waals surface area contributed by atoms with E-state index < -0.39 is 12.0 Å². The van der Waals surface area contributed by atoms with Crippen LogP contribution in [0.25, 0.3) is 0 Å². The molecule has 2 saturated carbocycles. The predicted octanol–water partition coefficient (Wildman–Crippen LogP) is 4.14. The quantitative estimate of drug-likeness (QED) is 0.634. The maximum Gasteiger partial charge on any atom is 0.338 e. The fourth-order valence-electron chi connectivity index (χ4n) is 5.77. The van der Waals surface area contributed by atoms with E-state index >= 15 is 0 Å². The van der Waals surface area contributed by atoms with Gasteiger partial charge in [-0.25, -0.2) is 9.79 Å². The van der Waals surface area contributed by atoms with Gasteiger partial charge in [0.05, 0.1) is 38.0 Å². The van der Waals surface area contributed by atoms with Crippen LogP contribution in [0.1, 0.15) is 50.6 Å². The van der Waals surface area contributed by atoms with E-state index in [2.05, 4.69) is 10.3 Å². The van der Waals surface area contributed by atoms with Crippen molar-refractivity contribution in [3.8, 4) is 5.75 Å². The van der Waals surface area contributed by atoms with Crippen LogP contribution in [0, 0.1) is 11.8 Å². The van der Waals surface area contributed by atoms with Gasteiger partial charge in [-0.3, -0.25) is 4.79 Å². The molecular weight excluding hydrogens is 438 g/mol. The summed E-state index contributed by atoms with van der Waals surface area (Å²) in [7, 11) is 2.99. The number of hydrogen-bond donors (Lipinski definition) is 1. The predicted molar refractivity (Wildman–Crippen MR) is 127 cm³/mol. The minimum absolute atomic E-state index is 0.0188. The molecular formula is C25H29N3O4S. The van der Waals surface area contributed by atoms with E-state index in [-0.39, 0.29) is 18.4 Å². The van der Waals surface area contributed by atoms with Gasteiger partial charge < -0.3 is 19.7 Å². The Morgan fingerprint density at radius 1 is 1.21 bits per heavy atom. The molecule has 7 nitrogen and oxygen atoms in total. The molecule has 0 spiro atoms. The Morgan fingerprint density at radius 3 is 2.73 bits per heavy atom. The number of aliphatic imine (C=N–C) groups is 1. The number of esters is 1. The van der Waals surface area contributed by atoms with Crippen LogP contribution >= 0.6 is 11.8 Å². The van der Waals surface area contributed by atoms with Gasteiger partial charge >= 0.3 is 5.97 Å². The number of benzene rings is 1. The summed E-state index contributed by atoms with van der Waals surface area (Å²) in [5, 5.41) is 6.00. The zero-order valence-corrected chi connectivity index (χ0v) is 20.0. The normalized spacial score (nSPS) is 27.8. The minimum Gasteiger partial charge on any atom is -0.496 e. The van der Waals surface area contributed by atoms with Gasteiger partial charge in [0.1, 0.15) is 5.75 Å². The highest BCUT2D eigenvalue weighted by atomic mass is 32.2. The number of carbonyl (C=O) groups is 2. The molecule has 5 rings (SSSR count). The lowest BCUT2D eigenvalue weighted by molar-refractivity contribution is -0.136. The zero-order chi connectivity index (χ0) is 23.1. The van der Waals surface area contributed by atoms with Crippen molar-refractivity contribution in [2.45, 2.75) is 51.1 Å². The molecule has 2 fully saturated rings. The largest absolute Gasteiger partial charge is 0.496 e. The van der Waals surface area contributed by atoms with Gasteiger partial charge in [-0.1, -0.05) is 36.4 Å². The smallest absolute Gasteiger partial charge is 0.338 e. The summed E-state index contributed by atoms with van der Waals surface area (Å²) < 4.78 is 10.8. The monoisotopic (exact) mass is 467 g/mol. The lowest BCUT2D eigenvalue weighted by Crippen LogP contribution is -2.41. The molecule has 2 aliphatic carbocycles. The summed E-state index contributed by atoms with van der Waals surface area (Å²) in [6.45, 7) is 1.82. The Kier molecular flexibility index (Phi) is 5.95. The summed E-state index contributed by atoms with van der Waals surface area (Å²) in [5.41, 5.74) is 2.71. The fraction of sp³-hybridized carbons (Fsp3) is 0.480. The Balaban J connectivity index is 1.44. The highest BCUT2D eigenvalue weighted by molar-refractivity contribution is 8.16. The lowest BCUT2D eigenvalue weighted by Gasteiger charge is -2.36. The first-order valence-corrected chi connectivity index (χ1v) is 12.3. The number of nitrogens with one attached hydrogen (secondary N) is 1. The number of carbonyl (C=O) groups excluding carboxylic acids is 2. The highest BCUT2D eigenvalue weighted by Crippen LogP contribution is 2.47. The summed E-state index contributed by atoms with van der Waals surface area (Å²) in [5.74, 6) is 1.64. The van der Waals surface area contributed by atoms with Crippen LogP contribution in [-0.2, 0) is 14.3 Å². The number of nitrogens with zero attached hydrogens (tertiary/aromatic N) is 2. The lowest BCUT2D eigenvalue weighted by atomic mass is 9.93. The van der Waals surface area contributed by atoms with Crippen molar-refractivity contribution in [1.29, 1.82) is 0 Å². The SMILES string of the molecule is COC(=O)C1=C(C)N=C2SC=C(CC(=O)N[C@H]3C[C@H]4CC[C@H]3C4)N2[C@H]1c1ccccc1OC. The van der Waals surface area contributed by atoms with Crippen LogP contribution in [0.15, 0.2) is 51.6 Å². The van der Waals surface area contributed by atoms with Gasteiger partial charge in [-0.15, -0.1) is 0 Å². The number of ether oxygens (including phenoxy) is 2. The average Bonchev–Trinajstić information content (AvgIpc) is 3.54. The van der Waals surface area contributed by atoms with E-state index in [1.54, 1.807) is 7.11 Å². The van der Waals surface area contributed by atoms with Crippen molar-refractivity contribution in [3.63, 3.8) is 0 Å². The first-order valence-electron chi connectivity index (χ1n) is 11.4. The molecule has 8 heteroatoms. The van der Waals surface area contributed by atoms with Gasteiger partial charge in [-0.2, -0.15) is 0 Å². The van der Waals surface area contributed by atoms with E-state index in [4.69, 9.17) is 9.47 Å². The molecule has 174 valence electrons. The number of methoxy groups -OCH3 is 2. The van der Waals surface area contributed by atoms with Crippen LogP contribution in [0.3, 0.4) is 0 Å². The average molecular weight is 468 g/mol. The van der Waals surface area contributed by atoms with Crippen LogP contribution in [0.4, 0.5) is 0 Å². The number of hydrogen-bond acceptors (Lipinski definition) is 7. The standard InChI is InChI=1S/C25H29N3O4S/c1-14-22(24(30)32-3)23(18-6-4-5-7-20(18)31-2)28-17(13-33-25(28)26-14)12-21(29)27-19-11-15-8-9-16(19)10-15/h4-7,13,15-16,19,23H,8-12H2,1-3H3,(H,27,29)/t15-,16-,19-,23-/m0/s1. The first-order chi connectivity index (χ1) is 16.0. The van der Waals surface area contributed by atoms with Crippen molar-refractivity contribution in [3.05, 3.63) is 52.2 Å². The number of allylic oxidation sites excluding steroid dienone is 1. The number of fused-ring (bicyclic) bond motifs is 3. The molecule has 4 atom stereocenters. The van der Waals surface area contributed by atoms with Gasteiger partial charge in [-0.05, 0) is 49.5 Å². The van der Waals surface area contributed by atoms with E-state index in [9.17, 15) is 9.59 Å². The van der Waals surface area contributed by atoms with Gasteiger partial charge in [0, 0.05) is 17.3 Å². The zero-order valence-electron chi connectivity index (χ0n) is 19.2. The van der Waals surface area contributed by atoms with Gasteiger partial charge in [0.2, 0.25) is 5.91 Å². The molecule has 0 unspecified atom stereocenters.